The summed E-state index contributed by atoms with van der Waals surface area (Å²) in [5, 5.41) is 9.98. The SMILES string of the molecule is C=CCN(C(=O)C1N([C@H](C)CO)C(=O)[C@@H]2[C@H](C(=O)OCC)[C@]3(C)CCC12O3)C1CCCCC1. The predicted octanol–water partition coefficient (Wildman–Crippen LogP) is 2.04. The number of amides is 2. The molecule has 1 spiro atoms. The van der Waals surface area contributed by atoms with Gasteiger partial charge >= 0.3 is 5.97 Å². The molecule has 1 N–H and O–H groups in total. The van der Waals surface area contributed by atoms with E-state index in [0.717, 1.165) is 32.1 Å². The second-order valence-corrected chi connectivity index (χ2v) is 10.3. The normalized spacial score (nSPS) is 36.5. The molecule has 4 aliphatic rings. The van der Waals surface area contributed by atoms with Crippen LogP contribution in [0.15, 0.2) is 12.7 Å². The Kier molecular flexibility index (Phi) is 6.62. The Labute approximate surface area is 196 Å². The van der Waals surface area contributed by atoms with Gasteiger partial charge in [-0.2, -0.15) is 0 Å². The van der Waals surface area contributed by atoms with E-state index in [2.05, 4.69) is 6.58 Å². The lowest BCUT2D eigenvalue weighted by molar-refractivity contribution is -0.162. The van der Waals surface area contributed by atoms with Crippen LogP contribution in [0.2, 0.25) is 0 Å². The molecule has 0 radical (unpaired) electrons. The lowest BCUT2D eigenvalue weighted by atomic mass is 9.66. The minimum atomic E-state index is -1.09. The van der Waals surface area contributed by atoms with Crippen molar-refractivity contribution in [3.05, 3.63) is 12.7 Å². The fourth-order valence-electron chi connectivity index (χ4n) is 6.90. The van der Waals surface area contributed by atoms with Gasteiger partial charge in [0.05, 0.1) is 30.8 Å². The van der Waals surface area contributed by atoms with Crippen molar-refractivity contribution in [1.82, 2.24) is 9.80 Å². The summed E-state index contributed by atoms with van der Waals surface area (Å²) >= 11 is 0. The molecule has 3 aliphatic heterocycles. The molecule has 3 saturated heterocycles. The van der Waals surface area contributed by atoms with Gasteiger partial charge < -0.3 is 24.4 Å². The minimum absolute atomic E-state index is 0.0936. The van der Waals surface area contributed by atoms with Gasteiger partial charge in [0.1, 0.15) is 17.6 Å². The van der Waals surface area contributed by atoms with E-state index in [9.17, 15) is 19.5 Å². The van der Waals surface area contributed by atoms with Crippen molar-refractivity contribution in [2.24, 2.45) is 11.8 Å². The van der Waals surface area contributed by atoms with Gasteiger partial charge in [-0.1, -0.05) is 25.3 Å². The zero-order valence-electron chi connectivity index (χ0n) is 20.1. The van der Waals surface area contributed by atoms with Crippen molar-refractivity contribution in [2.75, 3.05) is 19.8 Å². The molecule has 2 unspecified atom stereocenters. The zero-order chi connectivity index (χ0) is 24.0. The van der Waals surface area contributed by atoms with E-state index in [1.54, 1.807) is 19.9 Å². The molecule has 33 heavy (non-hydrogen) atoms. The van der Waals surface area contributed by atoms with Crippen LogP contribution in [0.4, 0.5) is 0 Å². The molecule has 3 heterocycles. The summed E-state index contributed by atoms with van der Waals surface area (Å²) in [5.41, 5.74) is -1.92. The number of esters is 1. The Morgan fingerprint density at radius 1 is 1.33 bits per heavy atom. The number of rotatable bonds is 8. The van der Waals surface area contributed by atoms with Gasteiger partial charge in [0.25, 0.3) is 0 Å². The number of fused-ring (bicyclic) bond motifs is 1. The summed E-state index contributed by atoms with van der Waals surface area (Å²) in [6.45, 7) is 9.54. The summed E-state index contributed by atoms with van der Waals surface area (Å²) in [7, 11) is 0. The number of ether oxygens (including phenoxy) is 2. The highest BCUT2D eigenvalue weighted by Crippen LogP contribution is 2.63. The van der Waals surface area contributed by atoms with Crippen LogP contribution in [0.3, 0.4) is 0 Å². The third kappa shape index (κ3) is 3.60. The van der Waals surface area contributed by atoms with Gasteiger partial charge in [0, 0.05) is 12.6 Å². The first-order chi connectivity index (χ1) is 15.8. The standard InChI is InChI=1S/C25H38N2O6/c1-5-14-26(17-10-8-7-9-11-17)22(30)20-25-13-12-24(4,33-25)19(23(31)32-6-2)18(25)21(29)27(20)16(3)15-28/h5,16-20,28H,1,6-15H2,2-4H3/t16-,18+,19-,20?,24+,25?/m1/s1. The highest BCUT2D eigenvalue weighted by Gasteiger charge is 2.79. The van der Waals surface area contributed by atoms with Crippen LogP contribution in [-0.2, 0) is 23.9 Å². The average Bonchev–Trinajstić information content (AvgIpc) is 3.38. The van der Waals surface area contributed by atoms with Crippen LogP contribution in [0.5, 0.6) is 0 Å². The second kappa shape index (κ2) is 9.02. The Hall–Kier alpha value is -1.93. The third-order valence-electron chi connectivity index (χ3n) is 8.35. The Morgan fingerprint density at radius 3 is 2.64 bits per heavy atom. The second-order valence-electron chi connectivity index (χ2n) is 10.3. The van der Waals surface area contributed by atoms with E-state index in [0.29, 0.717) is 19.4 Å². The van der Waals surface area contributed by atoms with Gasteiger partial charge in [0.15, 0.2) is 0 Å². The number of likely N-dealkylation sites (tertiary alicyclic amines) is 1. The van der Waals surface area contributed by atoms with E-state index in [4.69, 9.17) is 9.47 Å². The highest BCUT2D eigenvalue weighted by atomic mass is 16.6. The van der Waals surface area contributed by atoms with E-state index in [-0.39, 0.29) is 31.1 Å². The first kappa shape index (κ1) is 24.2. The van der Waals surface area contributed by atoms with E-state index in [1.807, 2.05) is 11.8 Å². The topological polar surface area (TPSA) is 96.4 Å². The Balaban J connectivity index is 1.77. The maximum atomic E-state index is 14.2. The average molecular weight is 463 g/mol. The van der Waals surface area contributed by atoms with Crippen LogP contribution >= 0.6 is 0 Å². The monoisotopic (exact) mass is 462 g/mol. The van der Waals surface area contributed by atoms with Crippen LogP contribution in [0.25, 0.3) is 0 Å². The zero-order valence-corrected chi connectivity index (χ0v) is 20.1. The van der Waals surface area contributed by atoms with Crippen molar-refractivity contribution in [2.45, 2.75) is 95.0 Å². The minimum Gasteiger partial charge on any atom is -0.466 e. The molecule has 0 aromatic carbocycles. The van der Waals surface area contributed by atoms with Crippen molar-refractivity contribution in [1.29, 1.82) is 0 Å². The molecule has 6 atom stereocenters. The lowest BCUT2D eigenvalue weighted by Gasteiger charge is -2.42. The molecule has 8 nitrogen and oxygen atoms in total. The number of aliphatic hydroxyl groups is 1. The number of aliphatic hydroxyl groups excluding tert-OH is 1. The van der Waals surface area contributed by atoms with Crippen LogP contribution in [0.1, 0.15) is 65.7 Å². The molecule has 8 heteroatoms. The molecular formula is C25H38N2O6. The molecule has 2 bridgehead atoms. The maximum Gasteiger partial charge on any atom is 0.312 e. The maximum absolute atomic E-state index is 14.2. The molecule has 184 valence electrons. The Bertz CT molecular complexity index is 811. The van der Waals surface area contributed by atoms with Crippen LogP contribution < -0.4 is 0 Å². The van der Waals surface area contributed by atoms with Crippen molar-refractivity contribution >= 4 is 17.8 Å². The Morgan fingerprint density at radius 2 is 2.03 bits per heavy atom. The number of nitrogens with zero attached hydrogens (tertiary/aromatic N) is 2. The van der Waals surface area contributed by atoms with Crippen LogP contribution in [0, 0.1) is 11.8 Å². The number of carbonyl (C=O) groups is 3. The third-order valence-corrected chi connectivity index (χ3v) is 8.35. The fraction of sp³-hybridized carbons (Fsp3) is 0.800. The summed E-state index contributed by atoms with van der Waals surface area (Å²) in [5.74, 6) is -2.44. The largest absolute Gasteiger partial charge is 0.466 e. The summed E-state index contributed by atoms with van der Waals surface area (Å²) in [6, 6.07) is -1.35. The molecule has 0 aromatic heterocycles. The molecule has 2 amide bonds. The highest BCUT2D eigenvalue weighted by molar-refractivity contribution is 5.98. The van der Waals surface area contributed by atoms with Gasteiger partial charge in [-0.25, -0.2) is 0 Å². The van der Waals surface area contributed by atoms with Crippen molar-refractivity contribution in [3.8, 4) is 0 Å². The van der Waals surface area contributed by atoms with E-state index < -0.39 is 41.1 Å². The predicted molar refractivity (Wildman–Crippen MR) is 121 cm³/mol. The summed E-state index contributed by atoms with van der Waals surface area (Å²) in [6.07, 6.45) is 7.99. The first-order valence-electron chi connectivity index (χ1n) is 12.5. The van der Waals surface area contributed by atoms with E-state index >= 15 is 0 Å². The van der Waals surface area contributed by atoms with Gasteiger partial charge in [-0.15, -0.1) is 6.58 Å². The molecule has 0 aromatic rings. The van der Waals surface area contributed by atoms with Crippen LogP contribution in [-0.4, -0.2) is 81.8 Å². The van der Waals surface area contributed by atoms with Crippen molar-refractivity contribution < 1.29 is 29.0 Å². The van der Waals surface area contributed by atoms with Gasteiger partial charge in [-0.05, 0) is 46.5 Å². The fourth-order valence-corrected chi connectivity index (χ4v) is 6.90. The van der Waals surface area contributed by atoms with Gasteiger partial charge in [-0.3, -0.25) is 14.4 Å². The van der Waals surface area contributed by atoms with E-state index in [1.165, 1.54) is 4.90 Å². The molecule has 1 saturated carbocycles. The number of hydrogen-bond donors (Lipinski definition) is 1. The molecule has 1 aliphatic carbocycles. The number of carbonyl (C=O) groups excluding carboxylic acids is 3. The first-order valence-corrected chi connectivity index (χ1v) is 12.5. The molecule has 4 rings (SSSR count). The quantitative estimate of drug-likeness (QED) is 0.438. The lowest BCUT2D eigenvalue weighted by Crippen LogP contribution is -2.60. The van der Waals surface area contributed by atoms with Gasteiger partial charge in [0.2, 0.25) is 11.8 Å². The smallest absolute Gasteiger partial charge is 0.312 e. The van der Waals surface area contributed by atoms with Crippen molar-refractivity contribution in [3.63, 3.8) is 0 Å². The summed E-state index contributed by atoms with van der Waals surface area (Å²) in [4.78, 5) is 44.5. The summed E-state index contributed by atoms with van der Waals surface area (Å²) < 4.78 is 11.9. The molecular weight excluding hydrogens is 424 g/mol. The molecule has 4 fully saturated rings. The number of hydrogen-bond acceptors (Lipinski definition) is 6.